The van der Waals surface area contributed by atoms with E-state index in [4.69, 9.17) is 0 Å². The molecule has 0 spiro atoms. The summed E-state index contributed by atoms with van der Waals surface area (Å²) in [5.41, 5.74) is 5.78. The molecule has 0 aliphatic carbocycles. The molecule has 0 aliphatic heterocycles. The average Bonchev–Trinajstić information content (AvgIpc) is 2.27. The molecule has 1 rings (SSSR count). The number of nitrogens with zero attached hydrogens (tertiary/aromatic N) is 1. The van der Waals surface area contributed by atoms with Gasteiger partial charge in [0.25, 0.3) is 0 Å². The summed E-state index contributed by atoms with van der Waals surface area (Å²) in [7, 11) is 2.18. The zero-order valence-corrected chi connectivity index (χ0v) is 13.7. The van der Waals surface area contributed by atoms with Gasteiger partial charge in [-0.25, -0.2) is 0 Å². The highest BCUT2D eigenvalue weighted by Crippen LogP contribution is 2.31. The number of rotatable bonds is 5. The van der Waals surface area contributed by atoms with Crippen LogP contribution in [0.15, 0.2) is 12.1 Å². The molecule has 0 radical (unpaired) electrons. The molecule has 0 amide bonds. The van der Waals surface area contributed by atoms with Crippen LogP contribution in [0.5, 0.6) is 0 Å². The Balaban J connectivity index is 2.97. The van der Waals surface area contributed by atoms with Crippen LogP contribution in [0, 0.1) is 13.8 Å². The SMILES string of the molecule is CCNCCN(C)c1c(C)cc(C(C)(C)C)cc1C. The van der Waals surface area contributed by atoms with Crippen LogP contribution in [0.1, 0.15) is 44.4 Å². The second-order valence-electron chi connectivity index (χ2n) is 6.48. The van der Waals surface area contributed by atoms with Crippen molar-refractivity contribution >= 4 is 5.69 Å². The van der Waals surface area contributed by atoms with Crippen molar-refractivity contribution in [3.63, 3.8) is 0 Å². The Hall–Kier alpha value is -1.02. The van der Waals surface area contributed by atoms with Gasteiger partial charge >= 0.3 is 0 Å². The molecular weight excluding hydrogens is 232 g/mol. The van der Waals surface area contributed by atoms with Crippen LogP contribution in [0.4, 0.5) is 5.69 Å². The maximum atomic E-state index is 3.38. The lowest BCUT2D eigenvalue weighted by atomic mass is 9.84. The summed E-state index contributed by atoms with van der Waals surface area (Å²) in [6.07, 6.45) is 0. The topological polar surface area (TPSA) is 15.3 Å². The molecule has 0 aromatic heterocycles. The van der Waals surface area contributed by atoms with Gasteiger partial charge in [-0.3, -0.25) is 0 Å². The van der Waals surface area contributed by atoms with Gasteiger partial charge in [-0.1, -0.05) is 39.8 Å². The van der Waals surface area contributed by atoms with Crippen molar-refractivity contribution in [2.24, 2.45) is 0 Å². The van der Waals surface area contributed by atoms with Crippen LogP contribution in [-0.4, -0.2) is 26.7 Å². The zero-order valence-electron chi connectivity index (χ0n) is 13.7. The first-order valence-electron chi connectivity index (χ1n) is 7.31. The molecule has 0 aliphatic rings. The van der Waals surface area contributed by atoms with Crippen LogP contribution in [0.2, 0.25) is 0 Å². The van der Waals surface area contributed by atoms with Gasteiger partial charge in [-0.15, -0.1) is 0 Å². The van der Waals surface area contributed by atoms with Crippen LogP contribution in [0.3, 0.4) is 0 Å². The lowest BCUT2D eigenvalue weighted by Crippen LogP contribution is -2.30. The number of hydrogen-bond acceptors (Lipinski definition) is 2. The number of aryl methyl sites for hydroxylation is 2. The van der Waals surface area contributed by atoms with E-state index >= 15 is 0 Å². The summed E-state index contributed by atoms with van der Waals surface area (Å²) in [5.74, 6) is 0. The minimum atomic E-state index is 0.219. The number of anilines is 1. The van der Waals surface area contributed by atoms with Gasteiger partial charge in [0, 0.05) is 25.8 Å². The molecule has 0 heterocycles. The number of nitrogens with one attached hydrogen (secondary N) is 1. The van der Waals surface area contributed by atoms with Crippen LogP contribution in [-0.2, 0) is 5.41 Å². The largest absolute Gasteiger partial charge is 0.373 e. The smallest absolute Gasteiger partial charge is 0.0423 e. The van der Waals surface area contributed by atoms with E-state index in [1.165, 1.54) is 22.4 Å². The Morgan fingerprint density at radius 2 is 1.63 bits per heavy atom. The molecule has 0 saturated carbocycles. The van der Waals surface area contributed by atoms with E-state index in [1.54, 1.807) is 0 Å². The summed E-state index contributed by atoms with van der Waals surface area (Å²) in [4.78, 5) is 2.36. The monoisotopic (exact) mass is 262 g/mol. The first-order chi connectivity index (χ1) is 8.77. The van der Waals surface area contributed by atoms with E-state index in [1.807, 2.05) is 0 Å². The number of likely N-dealkylation sites (N-methyl/N-ethyl adjacent to an activating group) is 2. The first kappa shape index (κ1) is 16.0. The predicted octanol–water partition coefficient (Wildman–Crippen LogP) is 3.65. The van der Waals surface area contributed by atoms with Crippen molar-refractivity contribution in [1.29, 1.82) is 0 Å². The van der Waals surface area contributed by atoms with Gasteiger partial charge in [0.2, 0.25) is 0 Å². The predicted molar refractivity (Wildman–Crippen MR) is 86.4 cm³/mol. The average molecular weight is 262 g/mol. The zero-order chi connectivity index (χ0) is 14.6. The molecule has 19 heavy (non-hydrogen) atoms. The molecule has 1 N–H and O–H groups in total. The van der Waals surface area contributed by atoms with Crippen molar-refractivity contribution < 1.29 is 0 Å². The molecule has 2 nitrogen and oxygen atoms in total. The van der Waals surface area contributed by atoms with E-state index in [0.717, 1.165) is 19.6 Å². The molecule has 0 bridgehead atoms. The fraction of sp³-hybridized carbons (Fsp3) is 0.647. The van der Waals surface area contributed by atoms with E-state index < -0.39 is 0 Å². The summed E-state index contributed by atoms with van der Waals surface area (Å²) >= 11 is 0. The van der Waals surface area contributed by atoms with Gasteiger partial charge in [0.15, 0.2) is 0 Å². The third kappa shape index (κ3) is 4.24. The van der Waals surface area contributed by atoms with Crippen LogP contribution >= 0.6 is 0 Å². The molecule has 0 unspecified atom stereocenters. The van der Waals surface area contributed by atoms with Gasteiger partial charge in [-0.05, 0) is 42.5 Å². The van der Waals surface area contributed by atoms with E-state index in [9.17, 15) is 0 Å². The number of hydrogen-bond donors (Lipinski definition) is 1. The van der Waals surface area contributed by atoms with Gasteiger partial charge < -0.3 is 10.2 Å². The molecule has 2 heteroatoms. The van der Waals surface area contributed by atoms with Crippen LogP contribution < -0.4 is 10.2 Å². The molecular formula is C17H30N2. The molecule has 0 fully saturated rings. The molecule has 0 atom stereocenters. The molecule has 0 saturated heterocycles. The fourth-order valence-corrected chi connectivity index (χ4v) is 2.53. The minimum Gasteiger partial charge on any atom is -0.373 e. The molecule has 1 aromatic rings. The van der Waals surface area contributed by atoms with E-state index in [-0.39, 0.29) is 5.41 Å². The van der Waals surface area contributed by atoms with Gasteiger partial charge in [0.1, 0.15) is 0 Å². The Morgan fingerprint density at radius 3 is 2.05 bits per heavy atom. The minimum absolute atomic E-state index is 0.219. The standard InChI is InChI=1S/C17H30N2/c1-8-18-9-10-19(7)16-13(2)11-15(12-14(16)3)17(4,5)6/h11-12,18H,8-10H2,1-7H3. The quantitative estimate of drug-likeness (QED) is 0.815. The summed E-state index contributed by atoms with van der Waals surface area (Å²) in [5, 5.41) is 3.38. The summed E-state index contributed by atoms with van der Waals surface area (Å²) in [6, 6.07) is 4.68. The summed E-state index contributed by atoms with van der Waals surface area (Å²) in [6.45, 7) is 16.5. The second kappa shape index (κ2) is 6.42. The van der Waals surface area contributed by atoms with Crippen molar-refractivity contribution in [3.05, 3.63) is 28.8 Å². The third-order valence-electron chi connectivity index (χ3n) is 3.61. The Kier molecular flexibility index (Phi) is 5.42. The first-order valence-corrected chi connectivity index (χ1v) is 7.31. The lowest BCUT2D eigenvalue weighted by molar-refractivity contribution is 0.589. The third-order valence-corrected chi connectivity index (χ3v) is 3.61. The number of benzene rings is 1. The molecule has 1 aromatic carbocycles. The maximum Gasteiger partial charge on any atom is 0.0423 e. The van der Waals surface area contributed by atoms with E-state index in [0.29, 0.717) is 0 Å². The van der Waals surface area contributed by atoms with Crippen molar-refractivity contribution in [3.8, 4) is 0 Å². The highest BCUT2D eigenvalue weighted by atomic mass is 15.1. The molecule has 108 valence electrons. The second-order valence-corrected chi connectivity index (χ2v) is 6.48. The maximum absolute atomic E-state index is 3.38. The van der Waals surface area contributed by atoms with Crippen molar-refractivity contribution in [2.45, 2.75) is 47.0 Å². The fourth-order valence-electron chi connectivity index (χ4n) is 2.53. The van der Waals surface area contributed by atoms with Crippen LogP contribution in [0.25, 0.3) is 0 Å². The van der Waals surface area contributed by atoms with Crippen molar-refractivity contribution in [2.75, 3.05) is 31.6 Å². The highest BCUT2D eigenvalue weighted by Gasteiger charge is 2.17. The Bertz CT molecular complexity index is 393. The van der Waals surface area contributed by atoms with Crippen molar-refractivity contribution in [1.82, 2.24) is 5.32 Å². The van der Waals surface area contributed by atoms with Gasteiger partial charge in [0.05, 0.1) is 0 Å². The van der Waals surface area contributed by atoms with E-state index in [2.05, 4.69) is 70.9 Å². The highest BCUT2D eigenvalue weighted by molar-refractivity contribution is 5.60. The lowest BCUT2D eigenvalue weighted by Gasteiger charge is -2.27. The summed E-state index contributed by atoms with van der Waals surface area (Å²) < 4.78 is 0. The van der Waals surface area contributed by atoms with Gasteiger partial charge in [-0.2, -0.15) is 0 Å². The Morgan fingerprint density at radius 1 is 1.11 bits per heavy atom. The normalized spacial score (nSPS) is 11.7. The Labute approximate surface area is 119 Å².